The van der Waals surface area contributed by atoms with Gasteiger partial charge in [-0.15, -0.1) is 6.42 Å². The third-order valence-corrected chi connectivity index (χ3v) is 11.1. The van der Waals surface area contributed by atoms with E-state index in [0.29, 0.717) is 67.0 Å². The number of phenols is 1. The summed E-state index contributed by atoms with van der Waals surface area (Å²) in [6.07, 6.45) is 15.7. The minimum Gasteiger partial charge on any atom is -0.508 e. The molecule has 1 aliphatic carbocycles. The summed E-state index contributed by atoms with van der Waals surface area (Å²) < 4.78 is 49.8. The van der Waals surface area contributed by atoms with E-state index in [9.17, 15) is 9.50 Å². The Morgan fingerprint density at radius 3 is 2.67 bits per heavy atom. The maximum Gasteiger partial charge on any atom is 0.319 e. The molecular formula is C38H41F2N5O4. The van der Waals surface area contributed by atoms with Crippen molar-refractivity contribution in [3.05, 3.63) is 47.7 Å². The number of hydrogen-bond acceptors (Lipinski definition) is 9. The molecule has 3 aliphatic heterocycles. The molecule has 0 radical (unpaired) electrons. The van der Waals surface area contributed by atoms with Gasteiger partial charge >= 0.3 is 6.01 Å². The molecule has 2 aromatic carbocycles. The van der Waals surface area contributed by atoms with Crippen LogP contribution in [0.5, 0.6) is 11.8 Å². The standard InChI is InChI=1S/C38H41F2N5O4/c1-2-27-30(39)8-7-24-20-26(46)21-28(32(24)27)34-33(40)35-29(22-41-34)36(44-13-5-16-47-19-15-44)43-37(42-35)49-23-38-11-3-6-31(38)45(14-4-12-38)25-9-17-48-18-10-25/h1,7-8,20-22,25,31,46H,3-6,9-19,23H2/t31-,38-/m1/s1. The van der Waals surface area contributed by atoms with Crippen LogP contribution in [0.25, 0.3) is 32.9 Å². The van der Waals surface area contributed by atoms with Crippen molar-refractivity contribution in [3.63, 3.8) is 0 Å². The van der Waals surface area contributed by atoms with Gasteiger partial charge in [0.2, 0.25) is 0 Å². The van der Waals surface area contributed by atoms with E-state index in [-0.39, 0.29) is 39.5 Å². The summed E-state index contributed by atoms with van der Waals surface area (Å²) in [5, 5.41) is 11.8. The molecule has 8 rings (SSSR count). The average molecular weight is 670 g/mol. The molecule has 2 aromatic heterocycles. The zero-order chi connectivity index (χ0) is 33.5. The summed E-state index contributed by atoms with van der Waals surface area (Å²) in [4.78, 5) is 18.9. The number of anilines is 1. The molecule has 3 saturated heterocycles. The van der Waals surface area contributed by atoms with Gasteiger partial charge in [0, 0.05) is 67.6 Å². The van der Waals surface area contributed by atoms with Crippen LogP contribution in [-0.4, -0.2) is 89.7 Å². The summed E-state index contributed by atoms with van der Waals surface area (Å²) in [7, 11) is 0. The number of aromatic hydroxyl groups is 1. The molecule has 11 heteroatoms. The quantitative estimate of drug-likeness (QED) is 0.240. The van der Waals surface area contributed by atoms with Gasteiger partial charge in [-0.2, -0.15) is 9.97 Å². The van der Waals surface area contributed by atoms with E-state index >= 15 is 4.39 Å². The third-order valence-electron chi connectivity index (χ3n) is 11.1. The molecule has 4 fully saturated rings. The van der Waals surface area contributed by atoms with Gasteiger partial charge in [-0.3, -0.25) is 9.88 Å². The van der Waals surface area contributed by atoms with Gasteiger partial charge in [0.25, 0.3) is 0 Å². The smallest absolute Gasteiger partial charge is 0.319 e. The van der Waals surface area contributed by atoms with Crippen molar-refractivity contribution in [2.24, 2.45) is 5.41 Å². The molecule has 4 aromatic rings. The number of hydrogen-bond donors (Lipinski definition) is 1. The maximum atomic E-state index is 16.9. The number of fused-ring (bicyclic) bond motifs is 3. The van der Waals surface area contributed by atoms with Gasteiger partial charge in [-0.1, -0.05) is 18.4 Å². The maximum absolute atomic E-state index is 16.9. The fourth-order valence-corrected chi connectivity index (χ4v) is 8.83. The topological polar surface area (TPSA) is 93.1 Å². The Balaban J connectivity index is 1.21. The van der Waals surface area contributed by atoms with Crippen LogP contribution in [0.1, 0.15) is 56.9 Å². The van der Waals surface area contributed by atoms with E-state index in [2.05, 4.69) is 20.7 Å². The van der Waals surface area contributed by atoms with Gasteiger partial charge < -0.3 is 24.2 Å². The normalized spacial score (nSPS) is 23.8. The van der Waals surface area contributed by atoms with Crippen LogP contribution >= 0.6 is 0 Å². The van der Waals surface area contributed by atoms with Crippen molar-refractivity contribution in [1.82, 2.24) is 19.9 Å². The van der Waals surface area contributed by atoms with Crippen LogP contribution in [0.15, 0.2) is 30.5 Å². The highest BCUT2D eigenvalue weighted by Crippen LogP contribution is 2.49. The SMILES string of the molecule is C#Cc1c(F)ccc2cc(O)cc(-c3ncc4c(N5CCCOCC5)nc(OC[C@]56CCC[C@H]5N(C5CCOCC5)CCC6)nc4c3F)c12. The Bertz CT molecular complexity index is 1920. The number of likely N-dealkylation sites (tertiary alicyclic amines) is 1. The molecule has 4 aliphatic rings. The number of nitrogens with zero attached hydrogens (tertiary/aromatic N) is 5. The number of phenolic OH excluding ortho intramolecular Hbond substituents is 1. The lowest BCUT2D eigenvalue weighted by molar-refractivity contribution is -0.0511. The molecule has 0 amide bonds. The molecule has 0 spiro atoms. The number of halogens is 2. The Morgan fingerprint density at radius 1 is 0.980 bits per heavy atom. The zero-order valence-electron chi connectivity index (χ0n) is 27.6. The monoisotopic (exact) mass is 669 g/mol. The first-order valence-corrected chi connectivity index (χ1v) is 17.5. The average Bonchev–Trinajstić information content (AvgIpc) is 3.37. The number of ether oxygens (including phenoxy) is 3. The lowest BCUT2D eigenvalue weighted by Crippen LogP contribution is -2.56. The first-order chi connectivity index (χ1) is 24.0. The third kappa shape index (κ3) is 5.83. The van der Waals surface area contributed by atoms with Gasteiger partial charge in [0.1, 0.15) is 28.6 Å². The van der Waals surface area contributed by atoms with Crippen molar-refractivity contribution in [2.75, 3.05) is 57.6 Å². The molecule has 0 unspecified atom stereocenters. The first kappa shape index (κ1) is 32.1. The van der Waals surface area contributed by atoms with Crippen molar-refractivity contribution in [2.45, 2.75) is 63.5 Å². The lowest BCUT2D eigenvalue weighted by Gasteiger charge is -2.50. The predicted molar refractivity (Wildman–Crippen MR) is 183 cm³/mol. The molecule has 1 saturated carbocycles. The highest BCUT2D eigenvalue weighted by molar-refractivity contribution is 6.03. The molecule has 9 nitrogen and oxygen atoms in total. The number of aromatic nitrogens is 3. The van der Waals surface area contributed by atoms with E-state index in [4.69, 9.17) is 30.6 Å². The molecule has 0 bridgehead atoms. The van der Waals surface area contributed by atoms with Gasteiger partial charge in [0.05, 0.1) is 24.2 Å². The summed E-state index contributed by atoms with van der Waals surface area (Å²) in [5.41, 5.74) is 0.0652. The van der Waals surface area contributed by atoms with Gasteiger partial charge in [-0.25, -0.2) is 8.78 Å². The van der Waals surface area contributed by atoms with Crippen molar-refractivity contribution in [1.29, 1.82) is 0 Å². The minimum atomic E-state index is -0.725. The number of piperidine rings is 1. The second-order valence-electron chi connectivity index (χ2n) is 13.9. The number of pyridine rings is 1. The van der Waals surface area contributed by atoms with Crippen molar-refractivity contribution < 1.29 is 28.1 Å². The summed E-state index contributed by atoms with van der Waals surface area (Å²) in [6.45, 7) is 5.56. The van der Waals surface area contributed by atoms with E-state index in [1.54, 1.807) is 6.20 Å². The van der Waals surface area contributed by atoms with Gasteiger partial charge in [-0.05, 0) is 75.1 Å². The molecule has 1 N–H and O–H groups in total. The molecular weight excluding hydrogens is 628 g/mol. The van der Waals surface area contributed by atoms with Crippen LogP contribution in [0, 0.1) is 29.4 Å². The van der Waals surface area contributed by atoms with E-state index < -0.39 is 11.6 Å². The summed E-state index contributed by atoms with van der Waals surface area (Å²) in [6, 6.07) is 6.64. The summed E-state index contributed by atoms with van der Waals surface area (Å²) >= 11 is 0. The first-order valence-electron chi connectivity index (χ1n) is 17.5. The Labute approximate surface area is 284 Å². The highest BCUT2D eigenvalue weighted by atomic mass is 19.1. The fourth-order valence-electron chi connectivity index (χ4n) is 8.83. The molecule has 2 atom stereocenters. The number of terminal acetylenes is 1. The lowest BCUT2D eigenvalue weighted by atomic mass is 9.74. The van der Waals surface area contributed by atoms with E-state index in [1.807, 2.05) is 0 Å². The Morgan fingerprint density at radius 2 is 1.82 bits per heavy atom. The fraction of sp³-hybridized carbons (Fsp3) is 0.500. The molecule has 256 valence electrons. The van der Waals surface area contributed by atoms with Crippen LogP contribution in [0.2, 0.25) is 0 Å². The second kappa shape index (κ2) is 13.3. The zero-order valence-corrected chi connectivity index (χ0v) is 27.6. The second-order valence-corrected chi connectivity index (χ2v) is 13.9. The largest absolute Gasteiger partial charge is 0.508 e. The van der Waals surface area contributed by atoms with Crippen molar-refractivity contribution >= 4 is 27.5 Å². The van der Waals surface area contributed by atoms with Crippen LogP contribution < -0.4 is 9.64 Å². The van der Waals surface area contributed by atoms with Crippen LogP contribution in [0.4, 0.5) is 14.6 Å². The number of rotatable bonds is 6. The van der Waals surface area contributed by atoms with Crippen molar-refractivity contribution in [3.8, 4) is 35.4 Å². The number of benzene rings is 2. The minimum absolute atomic E-state index is 0.0242. The van der Waals surface area contributed by atoms with Crippen LogP contribution in [0.3, 0.4) is 0 Å². The summed E-state index contributed by atoms with van der Waals surface area (Å²) in [5.74, 6) is 1.47. The van der Waals surface area contributed by atoms with E-state index in [0.717, 1.165) is 71.1 Å². The van der Waals surface area contributed by atoms with Gasteiger partial charge in [0.15, 0.2) is 5.82 Å². The van der Waals surface area contributed by atoms with E-state index in [1.165, 1.54) is 24.3 Å². The highest BCUT2D eigenvalue weighted by Gasteiger charge is 2.50. The Kier molecular flexibility index (Phi) is 8.72. The predicted octanol–water partition coefficient (Wildman–Crippen LogP) is 6.23. The molecule has 5 heterocycles. The van der Waals surface area contributed by atoms with Crippen LogP contribution in [-0.2, 0) is 9.47 Å². The molecule has 49 heavy (non-hydrogen) atoms. The Hall–Kier alpha value is -4.11.